The van der Waals surface area contributed by atoms with Crippen molar-refractivity contribution in [3.05, 3.63) is 71.1 Å². The topological polar surface area (TPSA) is 107 Å². The van der Waals surface area contributed by atoms with Crippen LogP contribution in [0.5, 0.6) is 11.5 Å². The van der Waals surface area contributed by atoms with E-state index in [4.69, 9.17) is 4.74 Å². The van der Waals surface area contributed by atoms with Crippen molar-refractivity contribution in [2.24, 2.45) is 4.99 Å². The lowest BCUT2D eigenvalue weighted by atomic mass is 9.92. The summed E-state index contributed by atoms with van der Waals surface area (Å²) in [7, 11) is 0. The van der Waals surface area contributed by atoms with E-state index in [1.165, 1.54) is 24.4 Å². The number of benzene rings is 2. The highest BCUT2D eigenvalue weighted by atomic mass is 19.3. The molecule has 1 atom stereocenters. The zero-order valence-electron chi connectivity index (χ0n) is 20.5. The minimum Gasteiger partial charge on any atom is -0.458 e. The average Bonchev–Trinajstić information content (AvgIpc) is 3.39. The number of ether oxygens (including phenoxy) is 3. The maximum atomic E-state index is 13.9. The molecular weight excluding hydrogens is 500 g/mol. The van der Waals surface area contributed by atoms with E-state index in [2.05, 4.69) is 19.8 Å². The third kappa shape index (κ3) is 3.73. The van der Waals surface area contributed by atoms with E-state index >= 15 is 0 Å². The number of fused-ring (bicyclic) bond motifs is 1. The van der Waals surface area contributed by atoms with E-state index in [0.29, 0.717) is 17.7 Å². The van der Waals surface area contributed by atoms with Crippen molar-refractivity contribution in [2.45, 2.75) is 45.1 Å². The number of carbonyl (C=O) groups is 3. The normalized spacial score (nSPS) is 20.8. The minimum atomic E-state index is -3.92. The lowest BCUT2D eigenvalue weighted by Gasteiger charge is -2.27. The van der Waals surface area contributed by atoms with Gasteiger partial charge in [-0.1, -0.05) is 30.3 Å². The smallest absolute Gasteiger partial charge is 0.458 e. The molecule has 0 aromatic heterocycles. The van der Waals surface area contributed by atoms with Crippen molar-refractivity contribution < 1.29 is 37.4 Å². The number of alkyl halides is 2. The lowest BCUT2D eigenvalue weighted by molar-refractivity contribution is -0.286. The van der Waals surface area contributed by atoms with Crippen LogP contribution in [0.25, 0.3) is 5.57 Å². The van der Waals surface area contributed by atoms with E-state index in [1.807, 2.05) is 6.07 Å². The summed E-state index contributed by atoms with van der Waals surface area (Å²) in [5.41, 5.74) is 1.09. The fraction of sp³-hybridized carbons (Fsp3) is 0.259. The van der Waals surface area contributed by atoms with Crippen LogP contribution in [0.3, 0.4) is 0 Å². The highest BCUT2D eigenvalue weighted by Gasteiger charge is 2.47. The first-order chi connectivity index (χ1) is 17.9. The molecule has 9 nitrogen and oxygen atoms in total. The van der Waals surface area contributed by atoms with Gasteiger partial charge in [0.2, 0.25) is 0 Å². The maximum Gasteiger partial charge on any atom is 0.586 e. The fourth-order valence-electron chi connectivity index (χ4n) is 5.01. The Labute approximate surface area is 215 Å². The van der Waals surface area contributed by atoms with E-state index in [0.717, 1.165) is 5.56 Å². The Bertz CT molecular complexity index is 1540. The number of nitrogens with one attached hydrogen (secondary N) is 1. The zero-order valence-corrected chi connectivity index (χ0v) is 20.5. The van der Waals surface area contributed by atoms with Crippen molar-refractivity contribution in [3.8, 4) is 11.5 Å². The van der Waals surface area contributed by atoms with E-state index < -0.39 is 35.7 Å². The Kier molecular flexibility index (Phi) is 5.00. The molecule has 0 spiro atoms. The van der Waals surface area contributed by atoms with Gasteiger partial charge in [-0.25, -0.2) is 4.79 Å². The molecule has 2 aromatic carbocycles. The van der Waals surface area contributed by atoms with Crippen molar-refractivity contribution >= 4 is 34.8 Å². The van der Waals surface area contributed by atoms with Crippen LogP contribution in [0.15, 0.2) is 59.4 Å². The Morgan fingerprint density at radius 2 is 1.79 bits per heavy atom. The quantitative estimate of drug-likeness (QED) is 0.487. The monoisotopic (exact) mass is 521 g/mol. The lowest BCUT2D eigenvalue weighted by Crippen LogP contribution is -2.40. The molecule has 11 heteroatoms. The second kappa shape index (κ2) is 7.98. The summed E-state index contributed by atoms with van der Waals surface area (Å²) in [5, 5.41) is 2.24. The molecule has 4 aliphatic heterocycles. The number of nitrogens with zero attached hydrogens (tertiary/aromatic N) is 2. The van der Waals surface area contributed by atoms with Crippen molar-refractivity contribution in [2.75, 3.05) is 4.90 Å². The summed E-state index contributed by atoms with van der Waals surface area (Å²) in [5.74, 6) is -2.57. The van der Waals surface area contributed by atoms with Crippen LogP contribution in [0.2, 0.25) is 0 Å². The van der Waals surface area contributed by atoms with Gasteiger partial charge in [-0.15, -0.1) is 8.78 Å². The van der Waals surface area contributed by atoms with Gasteiger partial charge in [-0.3, -0.25) is 19.9 Å². The molecule has 0 bridgehead atoms. The Morgan fingerprint density at radius 3 is 2.55 bits per heavy atom. The molecule has 4 aliphatic rings. The van der Waals surface area contributed by atoms with Crippen molar-refractivity contribution in [1.29, 1.82) is 0 Å². The third-order valence-corrected chi connectivity index (χ3v) is 6.36. The summed E-state index contributed by atoms with van der Waals surface area (Å²) < 4.78 is 42.6. The zero-order chi connectivity index (χ0) is 27.0. The second-order valence-electron chi connectivity index (χ2n) is 10.1. The first-order valence-corrected chi connectivity index (χ1v) is 11.8. The predicted molar refractivity (Wildman–Crippen MR) is 131 cm³/mol. The number of carbonyl (C=O) groups excluding carboxylic acids is 3. The summed E-state index contributed by atoms with van der Waals surface area (Å²) in [6.07, 6.45) is -0.521. The maximum absolute atomic E-state index is 13.9. The molecule has 0 saturated carbocycles. The number of aliphatic imine (C=N–C) groups is 1. The molecule has 4 heterocycles. The van der Waals surface area contributed by atoms with Crippen LogP contribution in [0.4, 0.5) is 14.5 Å². The summed E-state index contributed by atoms with van der Waals surface area (Å²) in [6.45, 7) is 5.35. The standard InChI is InChI=1S/C27H21F2N3O6/c1-26(2,3)38-25(35)16-12-13-6-4-8-15-20(30-10-11-32(16)21(13)15)19-18(23(33)31-24(19)34)14-7-5-9-17-22(14)37-27(28,29)36-17/h4-11,16H,12H2,1-3H3,(H,31,33,34). The molecule has 0 aliphatic carbocycles. The molecule has 6 rings (SSSR count). The molecule has 38 heavy (non-hydrogen) atoms. The van der Waals surface area contributed by atoms with Crippen molar-refractivity contribution in [3.63, 3.8) is 0 Å². The highest BCUT2D eigenvalue weighted by Crippen LogP contribution is 2.47. The van der Waals surface area contributed by atoms with Gasteiger partial charge < -0.3 is 19.1 Å². The van der Waals surface area contributed by atoms with Gasteiger partial charge in [-0.05, 0) is 32.4 Å². The van der Waals surface area contributed by atoms with Crippen molar-refractivity contribution in [1.82, 2.24) is 5.32 Å². The Hall–Kier alpha value is -4.54. The Morgan fingerprint density at radius 1 is 1.08 bits per heavy atom. The van der Waals surface area contributed by atoms with Gasteiger partial charge >= 0.3 is 12.3 Å². The number of esters is 1. The molecule has 0 radical (unpaired) electrons. The van der Waals surface area contributed by atoms with Crippen LogP contribution in [-0.2, 0) is 25.5 Å². The van der Waals surface area contributed by atoms with Crippen LogP contribution in [-0.4, -0.2) is 41.4 Å². The Balaban J connectivity index is 1.49. The molecule has 0 saturated heterocycles. The molecule has 1 N–H and O–H groups in total. The number of para-hydroxylation sites is 2. The third-order valence-electron chi connectivity index (χ3n) is 6.36. The van der Waals surface area contributed by atoms with E-state index in [1.54, 1.807) is 44.0 Å². The van der Waals surface area contributed by atoms with Gasteiger partial charge in [0.1, 0.15) is 11.6 Å². The van der Waals surface area contributed by atoms with E-state index in [9.17, 15) is 23.2 Å². The molecule has 194 valence electrons. The highest BCUT2D eigenvalue weighted by molar-refractivity contribution is 6.48. The van der Waals surface area contributed by atoms with Gasteiger partial charge in [0, 0.05) is 29.9 Å². The largest absolute Gasteiger partial charge is 0.586 e. The molecule has 2 amide bonds. The molecule has 1 unspecified atom stereocenters. The summed E-state index contributed by atoms with van der Waals surface area (Å²) in [6, 6.07) is 8.77. The van der Waals surface area contributed by atoms with Crippen LogP contribution >= 0.6 is 0 Å². The number of anilines is 1. The van der Waals surface area contributed by atoms with Gasteiger partial charge in [-0.2, -0.15) is 0 Å². The number of hydrogen-bond acceptors (Lipinski definition) is 8. The number of rotatable bonds is 3. The predicted octanol–water partition coefficient (Wildman–Crippen LogP) is 3.47. The minimum absolute atomic E-state index is 0.0370. The van der Waals surface area contributed by atoms with Crippen LogP contribution < -0.4 is 19.7 Å². The number of imide groups is 1. The second-order valence-corrected chi connectivity index (χ2v) is 10.1. The summed E-state index contributed by atoms with van der Waals surface area (Å²) >= 11 is 0. The molecule has 0 fully saturated rings. The van der Waals surface area contributed by atoms with Gasteiger partial charge in [0.25, 0.3) is 11.8 Å². The summed E-state index contributed by atoms with van der Waals surface area (Å²) in [4.78, 5) is 45.4. The SMILES string of the molecule is CC(C)(C)OC(=O)C1Cc2cccc3c2N1C=CN=C3C1=C(c2cccc3c2OC(F)(F)O3)C(=O)NC1=O. The number of amides is 2. The molecule has 2 aromatic rings. The van der Waals surface area contributed by atoms with Crippen LogP contribution in [0, 0.1) is 0 Å². The fourth-order valence-corrected chi connectivity index (χ4v) is 5.01. The van der Waals surface area contributed by atoms with Gasteiger partial charge in [0.15, 0.2) is 11.5 Å². The first kappa shape index (κ1) is 23.8. The average molecular weight is 521 g/mol. The molecular formula is C27H21F2N3O6. The number of hydrogen-bond donors (Lipinski definition) is 1. The van der Waals surface area contributed by atoms with Gasteiger partial charge in [0.05, 0.1) is 22.5 Å². The first-order valence-electron chi connectivity index (χ1n) is 11.8. The van der Waals surface area contributed by atoms with Crippen LogP contribution in [0.1, 0.15) is 37.5 Å². The number of halogens is 2. The van der Waals surface area contributed by atoms with E-state index in [-0.39, 0.29) is 33.9 Å².